The third-order valence-electron chi connectivity index (χ3n) is 11.0. The highest BCUT2D eigenvalue weighted by atomic mass is 14.4. The molecule has 0 atom stereocenters. The highest BCUT2D eigenvalue weighted by Crippen LogP contribution is 2.53. The maximum atomic E-state index is 2.48. The van der Waals surface area contributed by atoms with Crippen LogP contribution in [0.15, 0.2) is 170 Å². The number of fused-ring (bicyclic) bond motifs is 8. The molecular formula is C49H34. The van der Waals surface area contributed by atoms with Crippen LogP contribution in [-0.2, 0) is 5.41 Å². The second-order valence-electron chi connectivity index (χ2n) is 14.1. The summed E-state index contributed by atoms with van der Waals surface area (Å²) in [5.74, 6) is 0. The normalized spacial score (nSPS) is 13.3. The first kappa shape index (κ1) is 28.1. The molecule has 1 aliphatic carbocycles. The van der Waals surface area contributed by atoms with Crippen LogP contribution in [-0.4, -0.2) is 0 Å². The van der Waals surface area contributed by atoms with E-state index in [9.17, 15) is 0 Å². The molecule has 230 valence electrons. The molecule has 9 aromatic rings. The summed E-state index contributed by atoms with van der Waals surface area (Å²) in [4.78, 5) is 0. The van der Waals surface area contributed by atoms with Crippen LogP contribution < -0.4 is 0 Å². The maximum absolute atomic E-state index is 2.48. The van der Waals surface area contributed by atoms with Crippen LogP contribution in [0.1, 0.15) is 25.0 Å². The van der Waals surface area contributed by atoms with Crippen molar-refractivity contribution < 1.29 is 0 Å². The Labute approximate surface area is 286 Å². The Morgan fingerprint density at radius 1 is 0.306 bits per heavy atom. The Morgan fingerprint density at radius 3 is 1.45 bits per heavy atom. The first-order chi connectivity index (χ1) is 24.1. The van der Waals surface area contributed by atoms with E-state index in [1.54, 1.807) is 0 Å². The van der Waals surface area contributed by atoms with Crippen LogP contribution in [0.5, 0.6) is 0 Å². The molecule has 0 bridgehead atoms. The fraction of sp³-hybridized carbons (Fsp3) is 0.0612. The molecule has 49 heavy (non-hydrogen) atoms. The summed E-state index contributed by atoms with van der Waals surface area (Å²) in [6, 6.07) is 63.1. The van der Waals surface area contributed by atoms with Crippen molar-refractivity contribution in [2.75, 3.05) is 0 Å². The molecule has 0 fully saturated rings. The Bertz CT molecular complexity index is 2720. The van der Waals surface area contributed by atoms with E-state index in [1.165, 1.54) is 98.7 Å². The fourth-order valence-corrected chi connectivity index (χ4v) is 8.62. The van der Waals surface area contributed by atoms with Crippen LogP contribution >= 0.6 is 0 Å². The summed E-state index contributed by atoms with van der Waals surface area (Å²) in [6.45, 7) is 4.77. The van der Waals surface area contributed by atoms with Gasteiger partial charge < -0.3 is 0 Å². The molecule has 0 unspecified atom stereocenters. The topological polar surface area (TPSA) is 0 Å². The minimum atomic E-state index is -0.0955. The fourth-order valence-electron chi connectivity index (χ4n) is 8.62. The van der Waals surface area contributed by atoms with Crippen molar-refractivity contribution in [3.8, 4) is 44.5 Å². The molecule has 0 saturated carbocycles. The Balaban J connectivity index is 1.18. The summed E-state index contributed by atoms with van der Waals surface area (Å²) in [5.41, 5.74) is 13.1. The highest BCUT2D eigenvalue weighted by Gasteiger charge is 2.36. The van der Waals surface area contributed by atoms with Gasteiger partial charge in [0, 0.05) is 5.41 Å². The van der Waals surface area contributed by atoms with E-state index < -0.39 is 0 Å². The Hall–Kier alpha value is -5.98. The molecule has 0 N–H and O–H groups in total. The van der Waals surface area contributed by atoms with Gasteiger partial charge in [-0.05, 0) is 117 Å². The largest absolute Gasteiger partial charge is 0.0622 e. The summed E-state index contributed by atoms with van der Waals surface area (Å²) in [6.07, 6.45) is 0. The molecular weight excluding hydrogens is 589 g/mol. The van der Waals surface area contributed by atoms with Crippen molar-refractivity contribution in [3.63, 3.8) is 0 Å². The van der Waals surface area contributed by atoms with Crippen LogP contribution in [0.25, 0.3) is 87.6 Å². The van der Waals surface area contributed by atoms with E-state index in [0.717, 1.165) is 0 Å². The van der Waals surface area contributed by atoms with E-state index in [0.29, 0.717) is 0 Å². The Morgan fingerprint density at radius 2 is 0.796 bits per heavy atom. The maximum Gasteiger partial charge on any atom is 0.0159 e. The van der Waals surface area contributed by atoms with Crippen LogP contribution in [0.4, 0.5) is 0 Å². The second kappa shape index (κ2) is 10.5. The smallest absolute Gasteiger partial charge is 0.0159 e. The first-order valence-corrected chi connectivity index (χ1v) is 17.3. The average molecular weight is 623 g/mol. The second-order valence-corrected chi connectivity index (χ2v) is 14.1. The SMILES string of the molecule is CC1(C)c2cc(-c3c4ccccc4c(-c4ccc5cc(-c6ccccc6)ccc5c4)c4ccccc34)ccc2-c2c1ccc1ccccc21. The van der Waals surface area contributed by atoms with Crippen molar-refractivity contribution in [2.24, 2.45) is 0 Å². The lowest BCUT2D eigenvalue weighted by Crippen LogP contribution is -2.15. The van der Waals surface area contributed by atoms with Crippen LogP contribution in [0.2, 0.25) is 0 Å². The van der Waals surface area contributed by atoms with Gasteiger partial charge in [-0.25, -0.2) is 0 Å². The van der Waals surface area contributed by atoms with Crippen LogP contribution in [0.3, 0.4) is 0 Å². The van der Waals surface area contributed by atoms with Gasteiger partial charge in [0.25, 0.3) is 0 Å². The number of hydrogen-bond donors (Lipinski definition) is 0. The summed E-state index contributed by atoms with van der Waals surface area (Å²) >= 11 is 0. The molecule has 0 heteroatoms. The van der Waals surface area contributed by atoms with Gasteiger partial charge in [0.2, 0.25) is 0 Å². The molecule has 1 aliphatic rings. The zero-order chi connectivity index (χ0) is 32.7. The molecule has 0 saturated heterocycles. The standard InChI is InChI=1S/C49H34/c1-49(2)44-27-25-32-14-6-7-15-38(32)48(44)43-26-24-37(30-45(43)49)47-41-18-10-8-16-39(41)46(40-17-9-11-19-42(40)47)36-23-22-34-28-33(20-21-35(34)29-36)31-12-4-3-5-13-31/h3-30H,1-2H3. The number of hydrogen-bond acceptors (Lipinski definition) is 0. The lowest BCUT2D eigenvalue weighted by atomic mass is 9.80. The summed E-state index contributed by atoms with van der Waals surface area (Å²) in [5, 5.41) is 10.3. The van der Waals surface area contributed by atoms with Crippen LogP contribution in [0, 0.1) is 0 Å². The van der Waals surface area contributed by atoms with Crippen molar-refractivity contribution >= 4 is 43.1 Å². The van der Waals surface area contributed by atoms with Gasteiger partial charge in [-0.15, -0.1) is 0 Å². The molecule has 9 aromatic carbocycles. The monoisotopic (exact) mass is 622 g/mol. The Kier molecular flexibility index (Phi) is 6.02. The van der Waals surface area contributed by atoms with Gasteiger partial charge >= 0.3 is 0 Å². The van der Waals surface area contributed by atoms with E-state index in [2.05, 4.69) is 184 Å². The molecule has 0 radical (unpaired) electrons. The summed E-state index contributed by atoms with van der Waals surface area (Å²) < 4.78 is 0. The van der Waals surface area contributed by atoms with Crippen molar-refractivity contribution in [1.29, 1.82) is 0 Å². The van der Waals surface area contributed by atoms with Gasteiger partial charge in [-0.1, -0.05) is 166 Å². The van der Waals surface area contributed by atoms with Gasteiger partial charge in [-0.2, -0.15) is 0 Å². The third kappa shape index (κ3) is 4.17. The van der Waals surface area contributed by atoms with E-state index >= 15 is 0 Å². The molecule has 0 spiro atoms. The van der Waals surface area contributed by atoms with Crippen molar-refractivity contribution in [2.45, 2.75) is 19.3 Å². The van der Waals surface area contributed by atoms with Gasteiger partial charge in [-0.3, -0.25) is 0 Å². The molecule has 0 aliphatic heterocycles. The lowest BCUT2D eigenvalue weighted by molar-refractivity contribution is 0.661. The minimum absolute atomic E-state index is 0.0955. The van der Waals surface area contributed by atoms with Crippen molar-refractivity contribution in [3.05, 3.63) is 181 Å². The van der Waals surface area contributed by atoms with Crippen molar-refractivity contribution in [1.82, 2.24) is 0 Å². The van der Waals surface area contributed by atoms with Gasteiger partial charge in [0.05, 0.1) is 0 Å². The highest BCUT2D eigenvalue weighted by molar-refractivity contribution is 6.22. The van der Waals surface area contributed by atoms with E-state index in [1.807, 2.05) is 0 Å². The van der Waals surface area contributed by atoms with E-state index in [4.69, 9.17) is 0 Å². The van der Waals surface area contributed by atoms with E-state index in [-0.39, 0.29) is 5.41 Å². The molecule has 0 aromatic heterocycles. The molecule has 0 amide bonds. The third-order valence-corrected chi connectivity index (χ3v) is 11.0. The predicted octanol–water partition coefficient (Wildman–Crippen LogP) is 13.6. The minimum Gasteiger partial charge on any atom is -0.0622 e. The first-order valence-electron chi connectivity index (χ1n) is 17.3. The molecule has 10 rings (SSSR count). The average Bonchev–Trinajstić information content (AvgIpc) is 3.39. The predicted molar refractivity (Wildman–Crippen MR) is 210 cm³/mol. The molecule has 0 heterocycles. The number of benzene rings is 9. The van der Waals surface area contributed by atoms with Gasteiger partial charge in [0.15, 0.2) is 0 Å². The lowest BCUT2D eigenvalue weighted by Gasteiger charge is -2.23. The molecule has 0 nitrogen and oxygen atoms in total. The van der Waals surface area contributed by atoms with Gasteiger partial charge in [0.1, 0.15) is 0 Å². The zero-order valence-electron chi connectivity index (χ0n) is 27.7. The zero-order valence-corrected chi connectivity index (χ0v) is 27.7. The number of rotatable bonds is 3. The summed E-state index contributed by atoms with van der Waals surface area (Å²) in [7, 11) is 0. The quantitative estimate of drug-likeness (QED) is 0.172.